The van der Waals surface area contributed by atoms with Crippen molar-refractivity contribution in [3.05, 3.63) is 11.6 Å². The number of amides is 1. The second kappa shape index (κ2) is 6.73. The highest BCUT2D eigenvalue weighted by Crippen LogP contribution is 2.02. The number of unbranched alkanes of at least 4 members (excludes halogenated alkanes) is 1. The molecule has 7 heteroatoms. The Bertz CT molecular complexity index is 416. The van der Waals surface area contributed by atoms with Crippen LogP contribution in [0, 0.1) is 0 Å². The van der Waals surface area contributed by atoms with Crippen molar-refractivity contribution >= 4 is 11.9 Å². The van der Waals surface area contributed by atoms with E-state index in [1.54, 1.807) is 0 Å². The number of H-pyrrole nitrogens is 1. The molecule has 0 radical (unpaired) electrons. The van der Waals surface area contributed by atoms with Crippen molar-refractivity contribution in [2.75, 3.05) is 0 Å². The number of nitrogens with one attached hydrogen (secondary N) is 2. The van der Waals surface area contributed by atoms with Crippen LogP contribution >= 0.6 is 0 Å². The van der Waals surface area contributed by atoms with Crippen LogP contribution in [0.2, 0.25) is 0 Å². The van der Waals surface area contributed by atoms with E-state index in [0.29, 0.717) is 18.7 Å². The van der Waals surface area contributed by atoms with Gasteiger partial charge in [0.05, 0.1) is 0 Å². The number of hydrogen-bond donors (Lipinski definition) is 3. The van der Waals surface area contributed by atoms with Crippen LogP contribution in [0.3, 0.4) is 0 Å². The molecule has 0 fully saturated rings. The van der Waals surface area contributed by atoms with Gasteiger partial charge < -0.3 is 10.4 Å². The van der Waals surface area contributed by atoms with Gasteiger partial charge in [-0.3, -0.25) is 9.89 Å². The van der Waals surface area contributed by atoms with Crippen LogP contribution in [0.5, 0.6) is 0 Å². The molecule has 0 spiro atoms. The zero-order chi connectivity index (χ0) is 13.5. The Hall–Kier alpha value is -1.92. The van der Waals surface area contributed by atoms with Gasteiger partial charge in [0.25, 0.3) is 5.91 Å². The monoisotopic (exact) mass is 254 g/mol. The van der Waals surface area contributed by atoms with Crippen molar-refractivity contribution in [1.29, 1.82) is 0 Å². The Morgan fingerprint density at radius 1 is 1.44 bits per heavy atom. The number of hydrogen-bond acceptors (Lipinski definition) is 4. The molecule has 1 aromatic rings. The summed E-state index contributed by atoms with van der Waals surface area (Å²) in [5, 5.41) is 17.8. The molecular formula is C11H18N4O3. The fraction of sp³-hybridized carbons (Fsp3) is 0.636. The number of carbonyl (C=O) groups is 2. The van der Waals surface area contributed by atoms with Crippen LogP contribution in [-0.2, 0) is 11.2 Å². The first-order chi connectivity index (χ1) is 8.58. The number of aliphatic carboxylic acids is 1. The molecule has 1 amide bonds. The van der Waals surface area contributed by atoms with Gasteiger partial charge in [0, 0.05) is 6.42 Å². The SMILES string of the molecule is CCCCC(NC(=O)c1n[nH]c(CC)n1)C(=O)O. The molecule has 7 nitrogen and oxygen atoms in total. The van der Waals surface area contributed by atoms with Crippen LogP contribution in [-0.4, -0.2) is 38.2 Å². The van der Waals surface area contributed by atoms with E-state index in [4.69, 9.17) is 5.11 Å². The minimum absolute atomic E-state index is 0.0189. The van der Waals surface area contributed by atoms with Gasteiger partial charge in [-0.25, -0.2) is 9.78 Å². The number of carboxylic acids is 1. The molecule has 0 aliphatic heterocycles. The highest BCUT2D eigenvalue weighted by Gasteiger charge is 2.22. The fourth-order valence-electron chi connectivity index (χ4n) is 1.44. The molecule has 3 N–H and O–H groups in total. The molecule has 1 rings (SSSR count). The summed E-state index contributed by atoms with van der Waals surface area (Å²) in [6.07, 6.45) is 2.66. The number of rotatable bonds is 7. The normalized spacial score (nSPS) is 12.1. The highest BCUT2D eigenvalue weighted by molar-refractivity contribution is 5.93. The van der Waals surface area contributed by atoms with Gasteiger partial charge >= 0.3 is 5.97 Å². The maximum Gasteiger partial charge on any atom is 0.326 e. The molecule has 0 aliphatic rings. The number of carbonyl (C=O) groups excluding carboxylic acids is 1. The maximum absolute atomic E-state index is 11.7. The van der Waals surface area contributed by atoms with E-state index in [-0.39, 0.29) is 5.82 Å². The highest BCUT2D eigenvalue weighted by atomic mass is 16.4. The van der Waals surface area contributed by atoms with Crippen molar-refractivity contribution in [2.24, 2.45) is 0 Å². The Morgan fingerprint density at radius 3 is 2.67 bits per heavy atom. The molecule has 1 aromatic heterocycles. The molecule has 0 aromatic carbocycles. The van der Waals surface area contributed by atoms with Gasteiger partial charge in [-0.15, -0.1) is 5.10 Å². The molecule has 100 valence electrons. The average molecular weight is 254 g/mol. The minimum atomic E-state index is -1.04. The number of aromatic nitrogens is 3. The Kier molecular flexibility index (Phi) is 5.29. The summed E-state index contributed by atoms with van der Waals surface area (Å²) in [6.45, 7) is 3.84. The van der Waals surface area contributed by atoms with Gasteiger partial charge in [-0.1, -0.05) is 26.7 Å². The van der Waals surface area contributed by atoms with Crippen molar-refractivity contribution in [1.82, 2.24) is 20.5 Å². The standard InChI is InChI=1S/C11H18N4O3/c1-3-5-6-7(11(17)18)12-10(16)9-13-8(4-2)14-15-9/h7H,3-6H2,1-2H3,(H,12,16)(H,17,18)(H,13,14,15). The summed E-state index contributed by atoms with van der Waals surface area (Å²) in [7, 11) is 0. The second-order valence-electron chi connectivity index (χ2n) is 3.97. The van der Waals surface area contributed by atoms with Gasteiger partial charge in [0.1, 0.15) is 11.9 Å². The van der Waals surface area contributed by atoms with E-state index >= 15 is 0 Å². The molecule has 0 aliphatic carbocycles. The molecule has 1 unspecified atom stereocenters. The van der Waals surface area contributed by atoms with Gasteiger partial charge in [0.2, 0.25) is 5.82 Å². The molecule has 0 saturated carbocycles. The third-order valence-electron chi connectivity index (χ3n) is 2.52. The third-order valence-corrected chi connectivity index (χ3v) is 2.52. The van der Waals surface area contributed by atoms with Gasteiger partial charge in [0.15, 0.2) is 0 Å². The smallest absolute Gasteiger partial charge is 0.326 e. The van der Waals surface area contributed by atoms with Crippen molar-refractivity contribution in [2.45, 2.75) is 45.6 Å². The predicted molar refractivity (Wildman–Crippen MR) is 64.2 cm³/mol. The average Bonchev–Trinajstić information content (AvgIpc) is 2.82. The summed E-state index contributed by atoms with van der Waals surface area (Å²) >= 11 is 0. The number of carboxylic acid groups (broad SMARTS) is 1. The summed E-state index contributed by atoms with van der Waals surface area (Å²) < 4.78 is 0. The zero-order valence-electron chi connectivity index (χ0n) is 10.6. The first-order valence-corrected chi connectivity index (χ1v) is 6.03. The fourth-order valence-corrected chi connectivity index (χ4v) is 1.44. The lowest BCUT2D eigenvalue weighted by molar-refractivity contribution is -0.139. The van der Waals surface area contributed by atoms with Crippen LogP contribution in [0.25, 0.3) is 0 Å². The Balaban J connectivity index is 2.62. The predicted octanol–water partition coefficient (Wildman–Crippen LogP) is 0.740. The number of nitrogens with zero attached hydrogens (tertiary/aromatic N) is 2. The molecule has 1 heterocycles. The van der Waals surface area contributed by atoms with E-state index in [1.807, 2.05) is 13.8 Å². The van der Waals surface area contributed by atoms with Crippen molar-refractivity contribution in [3.8, 4) is 0 Å². The maximum atomic E-state index is 11.7. The van der Waals surface area contributed by atoms with E-state index in [2.05, 4.69) is 20.5 Å². The summed E-state index contributed by atoms with van der Waals surface area (Å²) in [5.74, 6) is -1.02. The minimum Gasteiger partial charge on any atom is -0.480 e. The molecular weight excluding hydrogens is 236 g/mol. The van der Waals surface area contributed by atoms with E-state index in [9.17, 15) is 9.59 Å². The van der Waals surface area contributed by atoms with Crippen LogP contribution < -0.4 is 5.32 Å². The quantitative estimate of drug-likeness (QED) is 0.665. The topological polar surface area (TPSA) is 108 Å². The first-order valence-electron chi connectivity index (χ1n) is 6.03. The van der Waals surface area contributed by atoms with Gasteiger partial charge in [-0.2, -0.15) is 0 Å². The van der Waals surface area contributed by atoms with E-state index in [1.165, 1.54) is 0 Å². The molecule has 0 bridgehead atoms. The van der Waals surface area contributed by atoms with Crippen LogP contribution in [0.15, 0.2) is 0 Å². The Morgan fingerprint density at radius 2 is 2.17 bits per heavy atom. The third kappa shape index (κ3) is 3.83. The van der Waals surface area contributed by atoms with Crippen LogP contribution in [0.4, 0.5) is 0 Å². The summed E-state index contributed by atoms with van der Waals surface area (Å²) in [6, 6.07) is -0.888. The summed E-state index contributed by atoms with van der Waals surface area (Å²) in [4.78, 5) is 26.7. The van der Waals surface area contributed by atoms with Gasteiger partial charge in [-0.05, 0) is 6.42 Å². The zero-order valence-corrected chi connectivity index (χ0v) is 10.6. The Labute approximate surface area is 105 Å². The molecule has 0 saturated heterocycles. The molecule has 1 atom stereocenters. The van der Waals surface area contributed by atoms with E-state index < -0.39 is 17.9 Å². The van der Waals surface area contributed by atoms with Crippen LogP contribution in [0.1, 0.15) is 49.6 Å². The largest absolute Gasteiger partial charge is 0.480 e. The lowest BCUT2D eigenvalue weighted by atomic mass is 10.1. The van der Waals surface area contributed by atoms with E-state index in [0.717, 1.165) is 12.8 Å². The number of aryl methyl sites for hydroxylation is 1. The second-order valence-corrected chi connectivity index (χ2v) is 3.97. The summed E-state index contributed by atoms with van der Waals surface area (Å²) in [5.41, 5.74) is 0. The number of aromatic amines is 1. The lowest BCUT2D eigenvalue weighted by Gasteiger charge is -2.12. The first kappa shape index (κ1) is 14.1. The lowest BCUT2D eigenvalue weighted by Crippen LogP contribution is -2.41. The van der Waals surface area contributed by atoms with Crippen molar-refractivity contribution < 1.29 is 14.7 Å². The molecule has 18 heavy (non-hydrogen) atoms. The van der Waals surface area contributed by atoms with Crippen molar-refractivity contribution in [3.63, 3.8) is 0 Å².